The van der Waals surface area contributed by atoms with E-state index in [-0.39, 0.29) is 49.5 Å². The third kappa shape index (κ3) is 10.4. The van der Waals surface area contributed by atoms with E-state index in [0.29, 0.717) is 50.5 Å². The maximum Gasteiger partial charge on any atom is 0.329 e. The first-order chi connectivity index (χ1) is 26.5. The SMILES string of the molecule is C=CC[C@@H]1/C=C(\C)C[C@H](C)[C@H](OC)[C@H]2O[C@@](O)(C(=O)C(=O)N3CCCC[C@H]3C(=O)O[C@H](/C(C)=C/[C@@H]3CC[C@@H](O)[C@H](OC)C3)[C@H](C)[C@@H](O)CC1=O)[C@H](C)C[C@@H]2OC. The molecule has 13 heteroatoms. The minimum Gasteiger partial charge on any atom is -0.456 e. The largest absolute Gasteiger partial charge is 0.456 e. The number of allylic oxidation sites excluding steroid dienone is 4. The molecule has 4 rings (SSSR count). The first-order valence-electron chi connectivity index (χ1n) is 20.4. The molecule has 2 bridgehead atoms. The molecule has 4 aliphatic rings. The minimum absolute atomic E-state index is 0.00981. The van der Waals surface area contributed by atoms with E-state index in [2.05, 4.69) is 6.58 Å². The van der Waals surface area contributed by atoms with Crippen molar-refractivity contribution in [3.8, 4) is 0 Å². The molecule has 1 aliphatic carbocycles. The number of carbonyl (C=O) groups is 4. The van der Waals surface area contributed by atoms with Crippen molar-refractivity contribution < 1.29 is 58.2 Å². The van der Waals surface area contributed by atoms with Crippen LogP contribution in [0.1, 0.15) is 98.8 Å². The van der Waals surface area contributed by atoms with Crippen LogP contribution in [-0.2, 0) is 42.9 Å². The summed E-state index contributed by atoms with van der Waals surface area (Å²) in [7, 11) is 4.58. The first-order valence-corrected chi connectivity index (χ1v) is 20.4. The quantitative estimate of drug-likeness (QED) is 0.190. The summed E-state index contributed by atoms with van der Waals surface area (Å²) in [6, 6.07) is -1.14. The summed E-state index contributed by atoms with van der Waals surface area (Å²) >= 11 is 0. The van der Waals surface area contributed by atoms with Gasteiger partial charge in [0.05, 0.1) is 30.5 Å². The van der Waals surface area contributed by atoms with Crippen LogP contribution in [0.4, 0.5) is 0 Å². The summed E-state index contributed by atoms with van der Waals surface area (Å²) in [6.07, 6.45) is 4.09. The lowest BCUT2D eigenvalue weighted by molar-refractivity contribution is -0.305. The number of methoxy groups -OCH3 is 3. The lowest BCUT2D eigenvalue weighted by Crippen LogP contribution is -2.65. The number of carbonyl (C=O) groups excluding carboxylic acids is 4. The van der Waals surface area contributed by atoms with Gasteiger partial charge in [0.25, 0.3) is 11.7 Å². The van der Waals surface area contributed by atoms with Crippen LogP contribution in [0.15, 0.2) is 36.0 Å². The molecule has 56 heavy (non-hydrogen) atoms. The van der Waals surface area contributed by atoms with Gasteiger partial charge in [-0.2, -0.15) is 0 Å². The van der Waals surface area contributed by atoms with Crippen molar-refractivity contribution in [2.45, 2.75) is 153 Å². The zero-order valence-electron chi connectivity index (χ0n) is 34.7. The summed E-state index contributed by atoms with van der Waals surface area (Å²) in [6.45, 7) is 13.0. The van der Waals surface area contributed by atoms with E-state index in [4.69, 9.17) is 23.7 Å². The number of ketones is 2. The summed E-state index contributed by atoms with van der Waals surface area (Å²) in [4.78, 5) is 57.8. The number of nitrogens with zero attached hydrogens (tertiary/aromatic N) is 1. The molecule has 0 unspecified atom stereocenters. The van der Waals surface area contributed by atoms with Gasteiger partial charge in [0.2, 0.25) is 5.79 Å². The lowest BCUT2D eigenvalue weighted by atomic mass is 9.80. The smallest absolute Gasteiger partial charge is 0.329 e. The summed E-state index contributed by atoms with van der Waals surface area (Å²) in [5.41, 5.74) is 1.53. The Morgan fingerprint density at radius 1 is 0.964 bits per heavy atom. The maximum absolute atomic E-state index is 14.3. The number of hydrogen-bond donors (Lipinski definition) is 3. The van der Waals surface area contributed by atoms with E-state index in [1.165, 1.54) is 19.1 Å². The number of ether oxygens (including phenoxy) is 5. The van der Waals surface area contributed by atoms with Gasteiger partial charge in [0.1, 0.15) is 24.0 Å². The van der Waals surface area contributed by atoms with Crippen molar-refractivity contribution in [3.05, 3.63) is 36.0 Å². The van der Waals surface area contributed by atoms with E-state index in [9.17, 15) is 34.5 Å². The summed E-state index contributed by atoms with van der Waals surface area (Å²) < 4.78 is 29.8. The number of hydrogen-bond acceptors (Lipinski definition) is 12. The van der Waals surface area contributed by atoms with E-state index in [0.717, 1.165) is 5.57 Å². The summed E-state index contributed by atoms with van der Waals surface area (Å²) in [5.74, 6) is -8.12. The van der Waals surface area contributed by atoms with E-state index >= 15 is 0 Å². The summed E-state index contributed by atoms with van der Waals surface area (Å²) in [5, 5.41) is 34.1. The number of esters is 1. The molecular weight excluding hydrogens is 722 g/mol. The highest BCUT2D eigenvalue weighted by molar-refractivity contribution is 6.39. The van der Waals surface area contributed by atoms with Gasteiger partial charge in [-0.05, 0) is 89.0 Å². The third-order valence-corrected chi connectivity index (χ3v) is 12.7. The van der Waals surface area contributed by atoms with Crippen LogP contribution in [0.25, 0.3) is 0 Å². The number of Topliss-reactive ketones (excluding diaryl/α,β-unsaturated/α-hetero) is 2. The average molecular weight is 790 g/mol. The van der Waals surface area contributed by atoms with Crippen LogP contribution in [0, 0.1) is 29.6 Å². The zero-order chi connectivity index (χ0) is 41.5. The molecule has 3 aliphatic heterocycles. The Morgan fingerprint density at radius 3 is 2.30 bits per heavy atom. The van der Waals surface area contributed by atoms with E-state index in [1.54, 1.807) is 27.0 Å². The second-order valence-corrected chi connectivity index (χ2v) is 16.8. The number of cyclic esters (lactones) is 1. The molecule has 3 N–H and O–H groups in total. The van der Waals surface area contributed by atoms with E-state index < -0.39 is 83.9 Å². The fourth-order valence-corrected chi connectivity index (χ4v) is 9.31. The molecule has 316 valence electrons. The monoisotopic (exact) mass is 789 g/mol. The molecule has 0 radical (unpaired) electrons. The van der Waals surface area contributed by atoms with Crippen LogP contribution in [0.3, 0.4) is 0 Å². The fraction of sp³-hybridized carbons (Fsp3) is 0.767. The molecule has 2 saturated heterocycles. The molecule has 0 spiro atoms. The van der Waals surface area contributed by atoms with Gasteiger partial charge in [-0.15, -0.1) is 6.58 Å². The Bertz CT molecular complexity index is 1460. The van der Waals surface area contributed by atoms with Gasteiger partial charge in [0, 0.05) is 52.0 Å². The Morgan fingerprint density at radius 2 is 1.66 bits per heavy atom. The van der Waals surface area contributed by atoms with Crippen LogP contribution in [0.5, 0.6) is 0 Å². The number of rotatable bonds is 7. The highest BCUT2D eigenvalue weighted by Gasteiger charge is 2.57. The van der Waals surface area contributed by atoms with Gasteiger partial charge in [-0.1, -0.05) is 44.6 Å². The van der Waals surface area contributed by atoms with Gasteiger partial charge in [-0.25, -0.2) is 4.79 Å². The fourth-order valence-electron chi connectivity index (χ4n) is 9.31. The predicted molar refractivity (Wildman–Crippen MR) is 208 cm³/mol. The molecule has 14 atom stereocenters. The van der Waals surface area contributed by atoms with Gasteiger partial charge in [-0.3, -0.25) is 14.4 Å². The molecule has 0 aromatic rings. The number of aliphatic hydroxyl groups is 3. The predicted octanol–water partition coefficient (Wildman–Crippen LogP) is 4.25. The number of amides is 1. The van der Waals surface area contributed by atoms with E-state index in [1.807, 2.05) is 32.9 Å². The molecule has 0 aromatic carbocycles. The molecule has 3 heterocycles. The average Bonchev–Trinajstić information content (AvgIpc) is 3.17. The van der Waals surface area contributed by atoms with Crippen LogP contribution in [-0.4, -0.2) is 126 Å². The minimum atomic E-state index is -2.53. The highest BCUT2D eigenvalue weighted by Crippen LogP contribution is 2.40. The second-order valence-electron chi connectivity index (χ2n) is 16.8. The lowest BCUT2D eigenvalue weighted by Gasteiger charge is -2.47. The third-order valence-electron chi connectivity index (χ3n) is 12.7. The van der Waals surface area contributed by atoms with Crippen molar-refractivity contribution >= 4 is 23.4 Å². The Kier molecular flexibility index (Phi) is 16.6. The zero-order valence-corrected chi connectivity index (χ0v) is 34.7. The van der Waals surface area contributed by atoms with Gasteiger partial charge < -0.3 is 43.9 Å². The molecule has 0 aromatic heterocycles. The second kappa shape index (κ2) is 20.3. The number of fused-ring (bicyclic) bond motifs is 3. The van der Waals surface area contributed by atoms with Crippen molar-refractivity contribution in [2.24, 2.45) is 29.6 Å². The standard InChI is InChI=1S/C43H67NO12/c1-10-13-30-19-24(2)18-25(3)38(54-9)39-36(53-8)21-27(5)43(51,56-39)40(48)41(49)44-17-12-11-14-31(44)42(50)55-37(28(6)33(46)23-34(30)47)26(4)20-29-15-16-32(45)35(22-29)52-7/h10,19-20,25,27-33,35-39,45-46,51H,1,11-18,21-23H2,2-9H3/b24-19+,26-20+/t25-,27+,28+,29-,30+,31-,32+,33-,35+,36-,37+,38-,39-,43+/m0/s1. The van der Waals surface area contributed by atoms with Crippen molar-refractivity contribution in [1.29, 1.82) is 0 Å². The molecule has 13 nitrogen and oxygen atoms in total. The Balaban J connectivity index is 1.79. The highest BCUT2D eigenvalue weighted by atomic mass is 16.7. The Labute approximate surface area is 332 Å². The maximum atomic E-state index is 14.3. The van der Waals surface area contributed by atoms with Crippen molar-refractivity contribution in [3.63, 3.8) is 0 Å². The van der Waals surface area contributed by atoms with Crippen LogP contribution in [0.2, 0.25) is 0 Å². The van der Waals surface area contributed by atoms with Gasteiger partial charge in [0.15, 0.2) is 0 Å². The first kappa shape index (κ1) is 45.9. The Hall–Kier alpha value is -2.78. The number of piperidine rings is 1. The van der Waals surface area contributed by atoms with Crippen molar-refractivity contribution in [1.82, 2.24) is 4.90 Å². The molecule has 1 saturated carbocycles. The number of aliphatic hydroxyl groups excluding tert-OH is 2. The normalized spacial score (nSPS) is 41.3. The van der Waals surface area contributed by atoms with Gasteiger partial charge >= 0.3 is 5.97 Å². The molecule has 1 amide bonds. The molecule has 3 fully saturated rings. The van der Waals surface area contributed by atoms with Crippen molar-refractivity contribution in [2.75, 3.05) is 27.9 Å². The topological polar surface area (TPSA) is 178 Å². The molecular formula is C43H67NO12. The van der Waals surface area contributed by atoms with Crippen LogP contribution < -0.4 is 0 Å². The van der Waals surface area contributed by atoms with Crippen LogP contribution >= 0.6 is 0 Å².